The van der Waals surface area contributed by atoms with E-state index in [2.05, 4.69) is 15.7 Å². The maximum Gasteiger partial charge on any atom is 0.352 e. The van der Waals surface area contributed by atoms with E-state index < -0.39 is 5.69 Å². The monoisotopic (exact) mass is 496 g/mol. The fourth-order valence-electron chi connectivity index (χ4n) is 4.76. The van der Waals surface area contributed by atoms with Crippen molar-refractivity contribution < 1.29 is 9.59 Å². The number of benzene rings is 1. The van der Waals surface area contributed by atoms with E-state index in [1.165, 1.54) is 15.4 Å². The van der Waals surface area contributed by atoms with Crippen LogP contribution in [-0.4, -0.2) is 42.6 Å². The number of fused-ring (bicyclic) bond motifs is 3. The summed E-state index contributed by atoms with van der Waals surface area (Å²) in [5, 5.41) is 10.7. The molecule has 36 heavy (non-hydrogen) atoms. The van der Waals surface area contributed by atoms with Crippen LogP contribution in [0.5, 0.6) is 0 Å². The molecule has 0 bridgehead atoms. The van der Waals surface area contributed by atoms with Crippen LogP contribution in [0.4, 0.5) is 0 Å². The first-order valence-electron chi connectivity index (χ1n) is 13.0. The number of nitrogens with zero attached hydrogens (tertiary/aromatic N) is 4. The van der Waals surface area contributed by atoms with Crippen LogP contribution in [0.3, 0.4) is 0 Å². The van der Waals surface area contributed by atoms with E-state index in [1.54, 1.807) is 18.2 Å². The zero-order chi connectivity index (χ0) is 26.0. The molecule has 1 aromatic carbocycles. The number of rotatable bonds is 8. The van der Waals surface area contributed by atoms with Crippen LogP contribution in [0.1, 0.15) is 76.6 Å². The van der Waals surface area contributed by atoms with Gasteiger partial charge in [-0.2, -0.15) is 0 Å². The average Bonchev–Trinajstić information content (AvgIpc) is 3.17. The molecule has 10 nitrogen and oxygen atoms in total. The molecule has 2 aromatic heterocycles. The Kier molecular flexibility index (Phi) is 7.61. The van der Waals surface area contributed by atoms with Crippen LogP contribution in [0.25, 0.3) is 16.7 Å². The maximum absolute atomic E-state index is 13.5. The Morgan fingerprint density at radius 2 is 1.83 bits per heavy atom. The largest absolute Gasteiger partial charge is 0.352 e. The smallest absolute Gasteiger partial charge is 0.352 e. The number of carbonyl (C=O) groups is 2. The molecule has 1 saturated carbocycles. The summed E-state index contributed by atoms with van der Waals surface area (Å²) in [6.07, 6.45) is 5.99. The van der Waals surface area contributed by atoms with Crippen molar-refractivity contribution in [1.29, 1.82) is 0 Å². The first-order valence-corrected chi connectivity index (χ1v) is 13.0. The van der Waals surface area contributed by atoms with Gasteiger partial charge in [0.1, 0.15) is 6.54 Å². The standard InChI is InChI=1S/C26H36N6O4/c1-5-17(4)27-23(34)18-11-12-20-21(13-18)32-25(30(24(20)35)14-16(2)3)29-31(26(32)36)15-22(33)28-19-9-7-6-8-10-19/h11-13,16-17,19H,5-10,14-15H2,1-4H3,(H,27,34)(H,28,33). The van der Waals surface area contributed by atoms with Gasteiger partial charge in [0, 0.05) is 24.2 Å². The second-order valence-electron chi connectivity index (χ2n) is 10.3. The molecule has 3 aromatic rings. The molecule has 0 radical (unpaired) electrons. The predicted molar refractivity (Wildman–Crippen MR) is 138 cm³/mol. The van der Waals surface area contributed by atoms with Crippen molar-refractivity contribution in [2.75, 3.05) is 0 Å². The molecule has 0 aliphatic heterocycles. The molecule has 0 saturated heterocycles. The Hall–Kier alpha value is -3.43. The van der Waals surface area contributed by atoms with Gasteiger partial charge in [0.25, 0.3) is 11.5 Å². The molecule has 2 N–H and O–H groups in total. The first-order chi connectivity index (χ1) is 17.2. The molecule has 1 atom stereocenters. The number of hydrogen-bond donors (Lipinski definition) is 2. The van der Waals surface area contributed by atoms with E-state index in [0.717, 1.165) is 36.8 Å². The second-order valence-corrected chi connectivity index (χ2v) is 10.3. The number of amides is 2. The lowest BCUT2D eigenvalue weighted by molar-refractivity contribution is -0.122. The average molecular weight is 497 g/mol. The van der Waals surface area contributed by atoms with Crippen molar-refractivity contribution in [3.05, 3.63) is 44.6 Å². The van der Waals surface area contributed by atoms with E-state index in [1.807, 2.05) is 27.7 Å². The van der Waals surface area contributed by atoms with E-state index >= 15 is 0 Å². The molecule has 1 fully saturated rings. The summed E-state index contributed by atoms with van der Waals surface area (Å²) in [5.74, 6) is -0.267. The number of aromatic nitrogens is 4. The Morgan fingerprint density at radius 3 is 2.50 bits per heavy atom. The number of hydrogen-bond acceptors (Lipinski definition) is 5. The molecule has 1 aliphatic carbocycles. The lowest BCUT2D eigenvalue weighted by atomic mass is 9.95. The van der Waals surface area contributed by atoms with Crippen LogP contribution in [0.15, 0.2) is 27.8 Å². The van der Waals surface area contributed by atoms with Crippen molar-refractivity contribution in [2.24, 2.45) is 5.92 Å². The summed E-state index contributed by atoms with van der Waals surface area (Å²) < 4.78 is 3.92. The molecule has 1 aliphatic rings. The summed E-state index contributed by atoms with van der Waals surface area (Å²) in [7, 11) is 0. The van der Waals surface area contributed by atoms with Gasteiger partial charge >= 0.3 is 5.69 Å². The van der Waals surface area contributed by atoms with E-state index in [-0.39, 0.29) is 47.7 Å². The Morgan fingerprint density at radius 1 is 1.11 bits per heavy atom. The van der Waals surface area contributed by atoms with Gasteiger partial charge in [0.05, 0.1) is 10.9 Å². The zero-order valence-corrected chi connectivity index (χ0v) is 21.5. The van der Waals surface area contributed by atoms with Gasteiger partial charge < -0.3 is 10.6 Å². The van der Waals surface area contributed by atoms with E-state index in [0.29, 0.717) is 23.0 Å². The third kappa shape index (κ3) is 5.22. The van der Waals surface area contributed by atoms with Crippen LogP contribution in [0, 0.1) is 5.92 Å². The van der Waals surface area contributed by atoms with Gasteiger partial charge in [-0.15, -0.1) is 5.10 Å². The van der Waals surface area contributed by atoms with Crippen molar-refractivity contribution in [1.82, 2.24) is 29.4 Å². The van der Waals surface area contributed by atoms with Crippen molar-refractivity contribution >= 4 is 28.5 Å². The molecular formula is C26H36N6O4. The molecule has 4 rings (SSSR count). The second kappa shape index (κ2) is 10.7. The summed E-state index contributed by atoms with van der Waals surface area (Å²) in [6.45, 7) is 7.96. The third-order valence-corrected chi connectivity index (χ3v) is 6.84. The van der Waals surface area contributed by atoms with Gasteiger partial charge in [-0.1, -0.05) is 40.0 Å². The van der Waals surface area contributed by atoms with Crippen molar-refractivity contribution in [3.8, 4) is 0 Å². The molecule has 194 valence electrons. The van der Waals surface area contributed by atoms with Crippen LogP contribution in [0.2, 0.25) is 0 Å². The summed E-state index contributed by atoms with van der Waals surface area (Å²) in [4.78, 5) is 52.4. The highest BCUT2D eigenvalue weighted by Gasteiger charge is 2.22. The Balaban J connectivity index is 1.81. The molecular weight excluding hydrogens is 460 g/mol. The fourth-order valence-corrected chi connectivity index (χ4v) is 4.76. The van der Waals surface area contributed by atoms with Gasteiger partial charge in [0.2, 0.25) is 11.7 Å². The summed E-state index contributed by atoms with van der Waals surface area (Å²) in [5.41, 5.74) is -0.162. The SMILES string of the molecule is CCC(C)NC(=O)c1ccc2c(=O)n(CC(C)C)c3nn(CC(=O)NC4CCCCC4)c(=O)n3c2c1. The minimum atomic E-state index is -0.522. The molecule has 10 heteroatoms. The van der Waals surface area contributed by atoms with E-state index in [4.69, 9.17) is 0 Å². The summed E-state index contributed by atoms with van der Waals surface area (Å²) in [6, 6.07) is 4.83. The topological polar surface area (TPSA) is 120 Å². The normalized spacial score (nSPS) is 15.5. The predicted octanol–water partition coefficient (Wildman–Crippen LogP) is 2.44. The van der Waals surface area contributed by atoms with Gasteiger partial charge in [-0.05, 0) is 50.3 Å². The lowest BCUT2D eigenvalue weighted by Crippen LogP contribution is -2.40. The highest BCUT2D eigenvalue weighted by atomic mass is 16.2. The van der Waals surface area contributed by atoms with Crippen molar-refractivity contribution in [2.45, 2.75) is 91.4 Å². The minimum Gasteiger partial charge on any atom is -0.352 e. The Labute approximate surface area is 209 Å². The first kappa shape index (κ1) is 25.7. The number of nitrogens with one attached hydrogen (secondary N) is 2. The van der Waals surface area contributed by atoms with Gasteiger partial charge in [-0.3, -0.25) is 19.0 Å². The van der Waals surface area contributed by atoms with Gasteiger partial charge in [-0.25, -0.2) is 13.9 Å². The molecule has 2 heterocycles. The maximum atomic E-state index is 13.5. The minimum absolute atomic E-state index is 0.0135. The van der Waals surface area contributed by atoms with Crippen LogP contribution >= 0.6 is 0 Å². The quantitative estimate of drug-likeness (QED) is 0.496. The highest BCUT2D eigenvalue weighted by Crippen LogP contribution is 2.18. The highest BCUT2D eigenvalue weighted by molar-refractivity contribution is 5.98. The molecule has 0 spiro atoms. The number of carbonyl (C=O) groups excluding carboxylic acids is 2. The zero-order valence-electron chi connectivity index (χ0n) is 21.5. The van der Waals surface area contributed by atoms with Crippen LogP contribution in [-0.2, 0) is 17.9 Å². The summed E-state index contributed by atoms with van der Waals surface area (Å²) >= 11 is 0. The molecule has 2 amide bonds. The Bertz CT molecular complexity index is 1390. The fraction of sp³-hybridized carbons (Fsp3) is 0.577. The lowest BCUT2D eigenvalue weighted by Gasteiger charge is -2.22. The third-order valence-electron chi connectivity index (χ3n) is 6.84. The van der Waals surface area contributed by atoms with Crippen LogP contribution < -0.4 is 21.9 Å². The molecule has 1 unspecified atom stereocenters. The van der Waals surface area contributed by atoms with Crippen molar-refractivity contribution in [3.63, 3.8) is 0 Å². The van der Waals surface area contributed by atoms with E-state index in [9.17, 15) is 19.2 Å². The van der Waals surface area contributed by atoms with Gasteiger partial charge in [0.15, 0.2) is 0 Å².